The molecule has 0 atom stereocenters. The van der Waals surface area contributed by atoms with E-state index in [1.54, 1.807) is 24.3 Å². The average molecular weight is 479 g/mol. The molecule has 0 aromatic heterocycles. The molecule has 4 rings (SSSR count). The zero-order valence-electron chi connectivity index (χ0n) is 16.1. The van der Waals surface area contributed by atoms with Crippen molar-refractivity contribution in [1.29, 1.82) is 0 Å². The Balaban J connectivity index is 1.56. The van der Waals surface area contributed by atoms with Gasteiger partial charge in [0, 0.05) is 23.8 Å². The molecule has 0 radical (unpaired) electrons. The van der Waals surface area contributed by atoms with E-state index in [4.69, 9.17) is 23.2 Å². The number of nitrogens with zero attached hydrogens (tertiary/aromatic N) is 1. The second-order valence-electron chi connectivity index (χ2n) is 7.10. The van der Waals surface area contributed by atoms with Crippen LogP contribution in [0.2, 0.25) is 10.0 Å². The summed E-state index contributed by atoms with van der Waals surface area (Å²) in [5.41, 5.74) is 2.55. The Morgan fingerprint density at radius 2 is 1.71 bits per heavy atom. The fraction of sp³-hybridized carbons (Fsp3) is 0.136. The molecule has 0 fully saturated rings. The number of hydrogen-bond acceptors (Lipinski definition) is 3. The number of fused-ring (bicyclic) bond motifs is 1. The van der Waals surface area contributed by atoms with Crippen molar-refractivity contribution in [2.75, 3.05) is 11.9 Å². The molecule has 5 nitrogen and oxygen atoms in total. The third-order valence-corrected chi connectivity index (χ3v) is 7.49. The van der Waals surface area contributed by atoms with E-state index in [0.717, 1.165) is 23.3 Å². The van der Waals surface area contributed by atoms with Crippen molar-refractivity contribution in [3.8, 4) is 0 Å². The van der Waals surface area contributed by atoms with Crippen LogP contribution < -0.4 is 5.32 Å². The van der Waals surface area contributed by atoms with Crippen LogP contribution in [0.3, 0.4) is 0 Å². The van der Waals surface area contributed by atoms with Crippen LogP contribution in [0.4, 0.5) is 10.1 Å². The highest BCUT2D eigenvalue weighted by atomic mass is 35.5. The minimum Gasteiger partial charge on any atom is -0.322 e. The lowest BCUT2D eigenvalue weighted by Crippen LogP contribution is -2.36. The summed E-state index contributed by atoms with van der Waals surface area (Å²) in [5, 5.41) is 3.44. The Morgan fingerprint density at radius 3 is 2.45 bits per heavy atom. The van der Waals surface area contributed by atoms with Crippen molar-refractivity contribution in [3.63, 3.8) is 0 Å². The predicted octanol–water partition coefficient (Wildman–Crippen LogP) is 5.13. The number of anilines is 1. The molecule has 1 aliphatic heterocycles. The van der Waals surface area contributed by atoms with Gasteiger partial charge < -0.3 is 5.32 Å². The van der Waals surface area contributed by atoms with E-state index in [2.05, 4.69) is 5.32 Å². The second-order valence-corrected chi connectivity index (χ2v) is 9.89. The van der Waals surface area contributed by atoms with Crippen LogP contribution in [0.15, 0.2) is 65.6 Å². The maximum absolute atomic E-state index is 13.2. The largest absolute Gasteiger partial charge is 0.322 e. The summed E-state index contributed by atoms with van der Waals surface area (Å²) in [6.45, 7) is 0.465. The van der Waals surface area contributed by atoms with Gasteiger partial charge in [0.15, 0.2) is 0 Å². The second kappa shape index (κ2) is 8.59. The van der Waals surface area contributed by atoms with Gasteiger partial charge in [-0.05, 0) is 72.1 Å². The van der Waals surface area contributed by atoms with E-state index in [9.17, 15) is 17.6 Å². The highest BCUT2D eigenvalue weighted by Crippen LogP contribution is 2.28. The van der Waals surface area contributed by atoms with Gasteiger partial charge in [-0.15, -0.1) is 0 Å². The molecular weight excluding hydrogens is 462 g/mol. The van der Waals surface area contributed by atoms with Gasteiger partial charge >= 0.3 is 0 Å². The van der Waals surface area contributed by atoms with Gasteiger partial charge in [0.1, 0.15) is 5.82 Å². The van der Waals surface area contributed by atoms with Gasteiger partial charge in [0.05, 0.1) is 15.5 Å². The first-order chi connectivity index (χ1) is 14.7. The highest BCUT2D eigenvalue weighted by Gasteiger charge is 2.28. The maximum atomic E-state index is 13.2. The van der Waals surface area contributed by atoms with Gasteiger partial charge in [-0.1, -0.05) is 29.3 Å². The number of amides is 1. The Bertz CT molecular complexity index is 1260. The molecule has 1 heterocycles. The summed E-state index contributed by atoms with van der Waals surface area (Å²) in [7, 11) is -3.76. The van der Waals surface area contributed by atoms with E-state index in [0.29, 0.717) is 23.7 Å². The Labute approximate surface area is 189 Å². The maximum Gasteiger partial charge on any atom is 0.257 e. The molecule has 9 heteroatoms. The Morgan fingerprint density at radius 1 is 0.968 bits per heavy atom. The lowest BCUT2D eigenvalue weighted by atomic mass is 10.0. The summed E-state index contributed by atoms with van der Waals surface area (Å²) in [4.78, 5) is 12.6. The average Bonchev–Trinajstić information content (AvgIpc) is 2.75. The summed E-state index contributed by atoms with van der Waals surface area (Å²) in [5.74, 6) is -0.915. The first-order valence-corrected chi connectivity index (χ1v) is 11.6. The molecule has 0 saturated carbocycles. The molecular formula is C22H17Cl2FN2O3S. The minimum atomic E-state index is -3.76. The molecule has 0 unspecified atom stereocenters. The van der Waals surface area contributed by atoms with Gasteiger partial charge in [-0.25, -0.2) is 12.8 Å². The first-order valence-electron chi connectivity index (χ1n) is 9.38. The minimum absolute atomic E-state index is 0.0393. The zero-order valence-corrected chi connectivity index (χ0v) is 18.4. The van der Waals surface area contributed by atoms with Gasteiger partial charge in [-0.2, -0.15) is 4.31 Å². The number of benzene rings is 3. The number of carbonyl (C=O) groups excluding carboxylic acids is 1. The van der Waals surface area contributed by atoms with E-state index in [-0.39, 0.29) is 22.0 Å². The van der Waals surface area contributed by atoms with Crippen LogP contribution in [0.5, 0.6) is 0 Å². The summed E-state index contributed by atoms with van der Waals surface area (Å²) in [6, 6.07) is 14.8. The van der Waals surface area contributed by atoms with Gasteiger partial charge in [0.2, 0.25) is 10.0 Å². The molecule has 0 saturated heterocycles. The molecule has 3 aromatic rings. The Hall–Kier alpha value is -2.45. The molecule has 3 aromatic carbocycles. The quantitative estimate of drug-likeness (QED) is 0.564. The standard InChI is InChI=1S/C22H17Cl2FN2O3S/c23-16-2-8-21(24)20(12-16)22(28)26-18-5-1-14-9-10-27(13-15(14)11-18)31(29,30)19-6-3-17(25)4-7-19/h1-8,11-12H,9-10,13H2,(H,26,28). The number of sulfonamides is 1. The van der Waals surface area contributed by atoms with Crippen molar-refractivity contribution in [1.82, 2.24) is 4.31 Å². The molecule has 0 bridgehead atoms. The van der Waals surface area contributed by atoms with E-state index >= 15 is 0 Å². The highest BCUT2D eigenvalue weighted by molar-refractivity contribution is 7.89. The van der Waals surface area contributed by atoms with Crippen LogP contribution in [0, 0.1) is 5.82 Å². The number of rotatable bonds is 4. The smallest absolute Gasteiger partial charge is 0.257 e. The predicted molar refractivity (Wildman–Crippen MR) is 119 cm³/mol. The monoisotopic (exact) mass is 478 g/mol. The summed E-state index contributed by atoms with van der Waals surface area (Å²) >= 11 is 12.0. The number of hydrogen-bond donors (Lipinski definition) is 1. The van der Waals surface area contributed by atoms with Gasteiger partial charge in [0.25, 0.3) is 5.91 Å². The SMILES string of the molecule is O=C(Nc1ccc2c(c1)CN(S(=O)(=O)c1ccc(F)cc1)CC2)c1cc(Cl)ccc1Cl. The van der Waals surface area contributed by atoms with E-state index in [1.165, 1.54) is 22.5 Å². The fourth-order valence-electron chi connectivity index (χ4n) is 3.44. The molecule has 1 amide bonds. The van der Waals surface area contributed by atoms with Crippen LogP contribution in [0.1, 0.15) is 21.5 Å². The third-order valence-electron chi connectivity index (χ3n) is 5.07. The number of carbonyl (C=O) groups is 1. The number of halogens is 3. The lowest BCUT2D eigenvalue weighted by molar-refractivity contribution is 0.102. The van der Waals surface area contributed by atoms with Crippen molar-refractivity contribution >= 4 is 44.8 Å². The van der Waals surface area contributed by atoms with Crippen LogP contribution in [0.25, 0.3) is 0 Å². The van der Waals surface area contributed by atoms with Gasteiger partial charge in [-0.3, -0.25) is 4.79 Å². The normalized spacial score (nSPS) is 14.2. The molecule has 1 N–H and O–H groups in total. The molecule has 31 heavy (non-hydrogen) atoms. The van der Waals surface area contributed by atoms with Crippen LogP contribution in [-0.2, 0) is 23.0 Å². The zero-order chi connectivity index (χ0) is 22.2. The van der Waals surface area contributed by atoms with E-state index < -0.39 is 21.7 Å². The number of nitrogens with one attached hydrogen (secondary N) is 1. The summed E-state index contributed by atoms with van der Waals surface area (Å²) < 4.78 is 40.4. The van der Waals surface area contributed by atoms with Crippen molar-refractivity contribution < 1.29 is 17.6 Å². The topological polar surface area (TPSA) is 66.5 Å². The molecule has 1 aliphatic rings. The van der Waals surface area contributed by atoms with E-state index in [1.807, 2.05) is 6.07 Å². The Kier molecular flexibility index (Phi) is 6.03. The lowest BCUT2D eigenvalue weighted by Gasteiger charge is -2.28. The molecule has 160 valence electrons. The summed E-state index contributed by atoms with van der Waals surface area (Å²) in [6.07, 6.45) is 0.532. The van der Waals surface area contributed by atoms with Crippen molar-refractivity contribution in [2.45, 2.75) is 17.9 Å². The van der Waals surface area contributed by atoms with Crippen molar-refractivity contribution in [3.05, 3.63) is 93.2 Å². The van der Waals surface area contributed by atoms with Crippen LogP contribution >= 0.6 is 23.2 Å². The first kappa shape index (κ1) is 21.8. The fourth-order valence-corrected chi connectivity index (χ4v) is 5.23. The van der Waals surface area contributed by atoms with Crippen molar-refractivity contribution in [2.24, 2.45) is 0 Å². The third kappa shape index (κ3) is 4.60. The molecule has 0 spiro atoms. The van der Waals surface area contributed by atoms with Crippen LogP contribution in [-0.4, -0.2) is 25.2 Å². The molecule has 0 aliphatic carbocycles.